The quantitative estimate of drug-likeness (QED) is 0.675. The summed E-state index contributed by atoms with van der Waals surface area (Å²) in [7, 11) is 0. The van der Waals surface area contributed by atoms with Crippen LogP contribution in [0.1, 0.15) is 18.4 Å². The van der Waals surface area contributed by atoms with Crippen LogP contribution in [0.25, 0.3) is 0 Å². The second-order valence-corrected chi connectivity index (χ2v) is 4.52. The molecular weight excluding hydrogens is 171 g/mol. The highest BCUT2D eigenvalue weighted by molar-refractivity contribution is 8.00. The van der Waals surface area contributed by atoms with E-state index in [2.05, 4.69) is 0 Å². The maximum Gasteiger partial charge on any atom is 0.127 e. The van der Waals surface area contributed by atoms with Gasteiger partial charge < -0.3 is 0 Å². The van der Waals surface area contributed by atoms with Gasteiger partial charge in [-0.3, -0.25) is 0 Å². The minimum atomic E-state index is -0.0827. The van der Waals surface area contributed by atoms with Crippen molar-refractivity contribution in [3.05, 3.63) is 29.6 Å². The van der Waals surface area contributed by atoms with E-state index in [1.807, 2.05) is 24.8 Å². The largest absolute Gasteiger partial charge is 0.207 e. The van der Waals surface area contributed by atoms with Gasteiger partial charge in [0.15, 0.2) is 0 Å². The Morgan fingerprint density at radius 2 is 2.17 bits per heavy atom. The first kappa shape index (κ1) is 8.11. The lowest BCUT2D eigenvalue weighted by Gasteiger charge is -2.03. The molecule has 2 rings (SSSR count). The van der Waals surface area contributed by atoms with Gasteiger partial charge in [-0.05, 0) is 37.5 Å². The zero-order valence-electron chi connectivity index (χ0n) is 7.01. The molecule has 1 aromatic carbocycles. The van der Waals surface area contributed by atoms with Gasteiger partial charge >= 0.3 is 0 Å². The van der Waals surface area contributed by atoms with Gasteiger partial charge in [0.1, 0.15) is 5.82 Å². The van der Waals surface area contributed by atoms with Gasteiger partial charge in [0.05, 0.1) is 0 Å². The van der Waals surface area contributed by atoms with Gasteiger partial charge in [0.2, 0.25) is 0 Å². The molecule has 0 N–H and O–H groups in total. The van der Waals surface area contributed by atoms with E-state index in [1.54, 1.807) is 6.07 Å². The highest BCUT2D eigenvalue weighted by atomic mass is 32.2. The molecule has 0 heterocycles. The maximum absolute atomic E-state index is 13.0. The van der Waals surface area contributed by atoms with Gasteiger partial charge in [-0.2, -0.15) is 0 Å². The highest BCUT2D eigenvalue weighted by Crippen LogP contribution is 2.40. The molecule has 1 aliphatic rings. The Bertz CT molecular complexity index is 292. The minimum absolute atomic E-state index is 0.0827. The van der Waals surface area contributed by atoms with Crippen molar-refractivity contribution in [3.8, 4) is 0 Å². The van der Waals surface area contributed by atoms with Crippen LogP contribution in [0.5, 0.6) is 0 Å². The van der Waals surface area contributed by atoms with Crippen LogP contribution in [-0.2, 0) is 0 Å². The lowest BCUT2D eigenvalue weighted by molar-refractivity contribution is 0.613. The normalized spacial score (nSPS) is 16.5. The van der Waals surface area contributed by atoms with Crippen LogP contribution in [0.3, 0.4) is 0 Å². The van der Waals surface area contributed by atoms with Crippen molar-refractivity contribution in [1.29, 1.82) is 0 Å². The predicted molar refractivity (Wildman–Crippen MR) is 50.0 cm³/mol. The van der Waals surface area contributed by atoms with Crippen LogP contribution >= 0.6 is 11.8 Å². The third kappa shape index (κ3) is 1.63. The average molecular weight is 182 g/mol. The molecule has 0 amide bonds. The molecule has 0 unspecified atom stereocenters. The summed E-state index contributed by atoms with van der Waals surface area (Å²) in [6.07, 6.45) is 2.58. The van der Waals surface area contributed by atoms with E-state index in [9.17, 15) is 4.39 Å². The molecule has 0 atom stereocenters. The monoisotopic (exact) mass is 182 g/mol. The van der Waals surface area contributed by atoms with E-state index < -0.39 is 0 Å². The molecule has 0 bridgehead atoms. The first-order valence-electron chi connectivity index (χ1n) is 4.19. The standard InChI is InChI=1S/C10H11FS/c1-7-9(11)3-2-4-10(7)12-8-5-6-8/h2-4,8H,5-6H2,1H3. The lowest BCUT2D eigenvalue weighted by Crippen LogP contribution is -1.86. The van der Waals surface area contributed by atoms with Gasteiger partial charge in [-0.1, -0.05) is 6.07 Å². The summed E-state index contributed by atoms with van der Waals surface area (Å²) in [6, 6.07) is 5.31. The van der Waals surface area contributed by atoms with Crippen molar-refractivity contribution < 1.29 is 4.39 Å². The number of benzene rings is 1. The fraction of sp³-hybridized carbons (Fsp3) is 0.400. The summed E-state index contributed by atoms with van der Waals surface area (Å²) in [6.45, 7) is 1.85. The minimum Gasteiger partial charge on any atom is -0.207 e. The number of hydrogen-bond donors (Lipinski definition) is 0. The number of rotatable bonds is 2. The van der Waals surface area contributed by atoms with Crippen LogP contribution in [0.2, 0.25) is 0 Å². The second kappa shape index (κ2) is 3.09. The van der Waals surface area contributed by atoms with Gasteiger partial charge in [-0.15, -0.1) is 11.8 Å². The molecule has 12 heavy (non-hydrogen) atoms. The highest BCUT2D eigenvalue weighted by Gasteiger charge is 2.23. The Morgan fingerprint density at radius 1 is 1.42 bits per heavy atom. The fourth-order valence-electron chi connectivity index (χ4n) is 1.08. The van der Waals surface area contributed by atoms with Gasteiger partial charge in [0, 0.05) is 10.1 Å². The SMILES string of the molecule is Cc1c(F)cccc1SC1CC1. The predicted octanol–water partition coefficient (Wildman–Crippen LogP) is 3.39. The second-order valence-electron chi connectivity index (χ2n) is 3.18. The molecule has 64 valence electrons. The third-order valence-electron chi connectivity index (χ3n) is 2.04. The van der Waals surface area contributed by atoms with E-state index in [4.69, 9.17) is 0 Å². The smallest absolute Gasteiger partial charge is 0.127 e. The molecule has 1 saturated carbocycles. The summed E-state index contributed by atoms with van der Waals surface area (Å²) in [4.78, 5) is 1.11. The van der Waals surface area contributed by atoms with Crippen LogP contribution in [0, 0.1) is 12.7 Å². The van der Waals surface area contributed by atoms with Gasteiger partial charge in [0.25, 0.3) is 0 Å². The van der Waals surface area contributed by atoms with Crippen molar-refractivity contribution in [3.63, 3.8) is 0 Å². The molecular formula is C10H11FS. The Morgan fingerprint density at radius 3 is 2.83 bits per heavy atom. The molecule has 0 radical (unpaired) electrons. The van der Waals surface area contributed by atoms with Crippen molar-refractivity contribution in [2.75, 3.05) is 0 Å². The zero-order chi connectivity index (χ0) is 8.55. The van der Waals surface area contributed by atoms with Crippen LogP contribution in [0.4, 0.5) is 4.39 Å². The van der Waals surface area contributed by atoms with E-state index >= 15 is 0 Å². The Kier molecular flexibility index (Phi) is 2.09. The van der Waals surface area contributed by atoms with Crippen LogP contribution in [0.15, 0.2) is 23.1 Å². The van der Waals surface area contributed by atoms with E-state index in [0.29, 0.717) is 0 Å². The topological polar surface area (TPSA) is 0 Å². The summed E-state index contributed by atoms with van der Waals surface area (Å²) in [5.74, 6) is -0.0827. The summed E-state index contributed by atoms with van der Waals surface area (Å²) >= 11 is 1.81. The number of hydrogen-bond acceptors (Lipinski definition) is 1. The lowest BCUT2D eigenvalue weighted by atomic mass is 10.2. The van der Waals surface area contributed by atoms with E-state index in [-0.39, 0.29) is 5.82 Å². The molecule has 1 fully saturated rings. The first-order chi connectivity index (χ1) is 5.77. The Balaban J connectivity index is 2.23. The average Bonchev–Trinajstić information content (AvgIpc) is 2.83. The van der Waals surface area contributed by atoms with Gasteiger partial charge in [-0.25, -0.2) is 4.39 Å². The molecule has 0 aliphatic heterocycles. The van der Waals surface area contributed by atoms with Crippen molar-refractivity contribution in [2.24, 2.45) is 0 Å². The molecule has 1 aliphatic carbocycles. The Labute approximate surface area is 76.2 Å². The van der Waals surface area contributed by atoms with Crippen molar-refractivity contribution >= 4 is 11.8 Å². The van der Waals surface area contributed by atoms with Crippen molar-refractivity contribution in [2.45, 2.75) is 29.9 Å². The first-order valence-corrected chi connectivity index (χ1v) is 5.07. The van der Waals surface area contributed by atoms with Crippen molar-refractivity contribution in [1.82, 2.24) is 0 Å². The summed E-state index contributed by atoms with van der Waals surface area (Å²) in [5, 5.41) is 0.755. The molecule has 2 heteroatoms. The molecule has 0 aromatic heterocycles. The third-order valence-corrected chi connectivity index (χ3v) is 3.54. The molecule has 0 nitrogen and oxygen atoms in total. The molecule has 0 saturated heterocycles. The number of halogens is 1. The molecule has 1 aromatic rings. The van der Waals surface area contributed by atoms with Crippen LogP contribution < -0.4 is 0 Å². The summed E-state index contributed by atoms with van der Waals surface area (Å²) in [5.41, 5.74) is 0.800. The summed E-state index contributed by atoms with van der Waals surface area (Å²) < 4.78 is 13.0. The zero-order valence-corrected chi connectivity index (χ0v) is 7.83. The Hall–Kier alpha value is -0.500. The fourth-order valence-corrected chi connectivity index (χ4v) is 2.24. The number of thioether (sulfide) groups is 1. The van der Waals surface area contributed by atoms with E-state index in [0.717, 1.165) is 15.7 Å². The van der Waals surface area contributed by atoms with E-state index in [1.165, 1.54) is 18.9 Å². The van der Waals surface area contributed by atoms with Crippen LogP contribution in [-0.4, -0.2) is 5.25 Å². The maximum atomic E-state index is 13.0. The molecule has 0 spiro atoms.